The van der Waals surface area contributed by atoms with Crippen molar-refractivity contribution in [1.29, 1.82) is 0 Å². The zero-order valence-electron chi connectivity index (χ0n) is 29.8. The Labute approximate surface area is 301 Å². The molecule has 0 radical (unpaired) electrons. The molecular weight excluding hydrogens is 646 g/mol. The maximum absolute atomic E-state index is 12.8. The smallest absolute Gasteiger partial charge is 0.343 e. The molecule has 0 spiro atoms. The van der Waals surface area contributed by atoms with Crippen LogP contribution in [-0.4, -0.2) is 30.1 Å². The largest absolute Gasteiger partial charge is 0.494 e. The number of hydrogen-bond donors (Lipinski definition) is 0. The molecule has 0 unspecified atom stereocenters. The van der Waals surface area contributed by atoms with E-state index in [9.17, 15) is 19.7 Å². The third-order valence-corrected chi connectivity index (χ3v) is 8.47. The third kappa shape index (κ3) is 12.9. The summed E-state index contributed by atoms with van der Waals surface area (Å²) >= 11 is 0. The van der Waals surface area contributed by atoms with Crippen LogP contribution in [0.2, 0.25) is 0 Å². The Bertz CT molecular complexity index is 1670. The van der Waals surface area contributed by atoms with Gasteiger partial charge in [-0.05, 0) is 90.7 Å². The summed E-state index contributed by atoms with van der Waals surface area (Å²) in [5, 5.41) is 11.9. The molecule has 0 N–H and O–H groups in total. The molecule has 0 aromatic heterocycles. The van der Waals surface area contributed by atoms with Crippen molar-refractivity contribution < 1.29 is 33.5 Å². The number of carbonyl (C=O) groups is 2. The fraction of sp³-hybridized carbons (Fsp3) is 0.381. The summed E-state index contributed by atoms with van der Waals surface area (Å²) in [7, 11) is 0. The summed E-state index contributed by atoms with van der Waals surface area (Å²) in [6, 6.07) is 24.4. The normalized spacial score (nSPS) is 10.8. The van der Waals surface area contributed by atoms with Crippen LogP contribution in [0, 0.1) is 10.1 Å². The van der Waals surface area contributed by atoms with Crippen LogP contribution in [0.15, 0.2) is 91.0 Å². The van der Waals surface area contributed by atoms with Crippen molar-refractivity contribution in [3.63, 3.8) is 0 Å². The highest BCUT2D eigenvalue weighted by molar-refractivity contribution is 5.92. The molecule has 0 saturated heterocycles. The molecule has 51 heavy (non-hydrogen) atoms. The molecule has 4 aromatic carbocycles. The standard InChI is InChI=1S/C42H49NO8/c1-3-5-7-9-11-13-29-48-36-22-17-33(18-23-36)41(44)50-38-26-15-32(16-27-38)35-21-28-40(39(31-35)43(46)47)51-42(45)34-19-24-37(25-20-34)49-30-14-12-10-8-6-4-2/h15-28,31H,3-14,29-30H2,1-2H3. The Balaban J connectivity index is 1.28. The first-order valence-corrected chi connectivity index (χ1v) is 18.2. The molecule has 0 aliphatic rings. The van der Waals surface area contributed by atoms with Crippen LogP contribution >= 0.6 is 0 Å². The van der Waals surface area contributed by atoms with Gasteiger partial charge in [0, 0.05) is 6.07 Å². The quantitative estimate of drug-likeness (QED) is 0.0262. The first-order valence-electron chi connectivity index (χ1n) is 18.2. The Morgan fingerprint density at radius 1 is 0.529 bits per heavy atom. The minimum absolute atomic E-state index is 0.165. The predicted molar refractivity (Wildman–Crippen MR) is 199 cm³/mol. The van der Waals surface area contributed by atoms with Crippen LogP contribution in [0.4, 0.5) is 5.69 Å². The van der Waals surface area contributed by atoms with Gasteiger partial charge in [0.05, 0.1) is 29.3 Å². The third-order valence-electron chi connectivity index (χ3n) is 8.47. The van der Waals surface area contributed by atoms with Crippen molar-refractivity contribution in [1.82, 2.24) is 0 Å². The lowest BCUT2D eigenvalue weighted by molar-refractivity contribution is -0.385. The minimum atomic E-state index is -0.713. The van der Waals surface area contributed by atoms with Crippen molar-refractivity contribution in [3.05, 3.63) is 112 Å². The molecule has 0 bridgehead atoms. The first kappa shape index (κ1) is 38.6. The minimum Gasteiger partial charge on any atom is -0.494 e. The van der Waals surface area contributed by atoms with Crippen LogP contribution < -0.4 is 18.9 Å². The van der Waals surface area contributed by atoms with Crippen LogP contribution in [-0.2, 0) is 0 Å². The molecule has 0 aliphatic carbocycles. The van der Waals surface area contributed by atoms with Gasteiger partial charge >= 0.3 is 17.6 Å². The van der Waals surface area contributed by atoms with E-state index in [4.69, 9.17) is 18.9 Å². The van der Waals surface area contributed by atoms with Crippen molar-refractivity contribution in [2.75, 3.05) is 13.2 Å². The Morgan fingerprint density at radius 3 is 1.45 bits per heavy atom. The molecule has 0 aliphatic heterocycles. The van der Waals surface area contributed by atoms with E-state index < -0.39 is 16.9 Å². The van der Waals surface area contributed by atoms with E-state index in [-0.39, 0.29) is 17.0 Å². The predicted octanol–water partition coefficient (Wildman–Crippen LogP) is 11.2. The van der Waals surface area contributed by atoms with Gasteiger partial charge in [0.25, 0.3) is 0 Å². The van der Waals surface area contributed by atoms with Crippen molar-refractivity contribution in [2.24, 2.45) is 0 Å². The second-order valence-electron chi connectivity index (χ2n) is 12.5. The maximum atomic E-state index is 12.8. The van der Waals surface area contributed by atoms with Crippen molar-refractivity contribution in [2.45, 2.75) is 90.9 Å². The van der Waals surface area contributed by atoms with Crippen LogP contribution in [0.5, 0.6) is 23.0 Å². The summed E-state index contributed by atoms with van der Waals surface area (Å²) in [6.07, 6.45) is 14.1. The summed E-state index contributed by atoms with van der Waals surface area (Å²) in [5.41, 5.74) is 1.47. The van der Waals surface area contributed by atoms with Gasteiger partial charge in [0.1, 0.15) is 17.2 Å². The zero-order valence-corrected chi connectivity index (χ0v) is 29.8. The van der Waals surface area contributed by atoms with Gasteiger partial charge in [-0.15, -0.1) is 0 Å². The van der Waals surface area contributed by atoms with Gasteiger partial charge in [0.2, 0.25) is 5.75 Å². The fourth-order valence-electron chi connectivity index (χ4n) is 5.49. The molecule has 9 heteroatoms. The Hall–Kier alpha value is -5.18. The fourth-order valence-corrected chi connectivity index (χ4v) is 5.49. The van der Waals surface area contributed by atoms with Gasteiger partial charge in [-0.2, -0.15) is 0 Å². The lowest BCUT2D eigenvalue weighted by Gasteiger charge is -2.10. The molecule has 0 heterocycles. The van der Waals surface area contributed by atoms with E-state index in [1.807, 2.05) is 0 Å². The molecule has 9 nitrogen and oxygen atoms in total. The molecule has 4 aromatic rings. The summed E-state index contributed by atoms with van der Waals surface area (Å²) in [5.74, 6) is 0.288. The zero-order chi connectivity index (χ0) is 36.3. The highest BCUT2D eigenvalue weighted by atomic mass is 16.6. The second-order valence-corrected chi connectivity index (χ2v) is 12.5. The average molecular weight is 696 g/mol. The van der Waals surface area contributed by atoms with E-state index in [1.165, 1.54) is 63.5 Å². The number of ether oxygens (including phenoxy) is 4. The maximum Gasteiger partial charge on any atom is 0.343 e. The summed E-state index contributed by atoms with van der Waals surface area (Å²) in [4.78, 5) is 36.9. The molecule has 0 atom stereocenters. The lowest BCUT2D eigenvalue weighted by Crippen LogP contribution is -2.10. The number of hydrogen-bond acceptors (Lipinski definition) is 8. The number of benzene rings is 4. The monoisotopic (exact) mass is 695 g/mol. The molecule has 270 valence electrons. The number of nitro groups is 1. The topological polar surface area (TPSA) is 114 Å². The van der Waals surface area contributed by atoms with Crippen molar-refractivity contribution >= 4 is 17.6 Å². The van der Waals surface area contributed by atoms with E-state index in [2.05, 4.69) is 13.8 Å². The SMILES string of the molecule is CCCCCCCCOc1ccc(C(=O)Oc2ccc(-c3ccc(OC(=O)c4ccc(OCCCCCCCC)cc4)c([N+](=O)[O-])c3)cc2)cc1. The van der Waals surface area contributed by atoms with Crippen LogP contribution in [0.25, 0.3) is 11.1 Å². The lowest BCUT2D eigenvalue weighted by atomic mass is 10.0. The average Bonchev–Trinajstić information content (AvgIpc) is 3.15. The number of unbranched alkanes of at least 4 members (excludes halogenated alkanes) is 10. The van der Waals surface area contributed by atoms with E-state index in [1.54, 1.807) is 78.9 Å². The molecule has 4 rings (SSSR count). The van der Waals surface area contributed by atoms with Gasteiger partial charge in [0.15, 0.2) is 0 Å². The molecule has 0 fully saturated rings. The number of carbonyl (C=O) groups excluding carboxylic acids is 2. The number of nitrogens with zero attached hydrogens (tertiary/aromatic N) is 1. The number of rotatable bonds is 22. The number of nitro benzene ring substituents is 1. The molecule has 0 saturated carbocycles. The summed E-state index contributed by atoms with van der Waals surface area (Å²) < 4.78 is 22.5. The second kappa shape index (κ2) is 21.1. The Kier molecular flexibility index (Phi) is 16.0. The highest BCUT2D eigenvalue weighted by Gasteiger charge is 2.21. The highest BCUT2D eigenvalue weighted by Crippen LogP contribution is 2.34. The van der Waals surface area contributed by atoms with Gasteiger partial charge in [-0.1, -0.05) is 96.3 Å². The van der Waals surface area contributed by atoms with Crippen LogP contribution in [0.3, 0.4) is 0 Å². The first-order chi connectivity index (χ1) is 24.9. The summed E-state index contributed by atoms with van der Waals surface area (Å²) in [6.45, 7) is 5.64. The molecular formula is C42H49NO8. The number of esters is 2. The molecule has 0 amide bonds. The van der Waals surface area contributed by atoms with Gasteiger partial charge in [-0.3, -0.25) is 10.1 Å². The van der Waals surface area contributed by atoms with E-state index in [0.717, 1.165) is 25.7 Å². The Morgan fingerprint density at radius 2 is 0.961 bits per heavy atom. The van der Waals surface area contributed by atoms with Gasteiger partial charge in [-0.25, -0.2) is 9.59 Å². The van der Waals surface area contributed by atoms with Gasteiger partial charge < -0.3 is 18.9 Å². The van der Waals surface area contributed by atoms with E-state index >= 15 is 0 Å². The van der Waals surface area contributed by atoms with E-state index in [0.29, 0.717) is 47.2 Å². The van der Waals surface area contributed by atoms with Crippen molar-refractivity contribution in [3.8, 4) is 34.1 Å². The van der Waals surface area contributed by atoms with Crippen LogP contribution in [0.1, 0.15) is 112 Å².